The molecule has 7 nitrogen and oxygen atoms in total. The maximum absolute atomic E-state index is 12.9. The lowest BCUT2D eigenvalue weighted by Crippen LogP contribution is -2.48. The molecule has 0 bridgehead atoms. The molecule has 3 aromatic rings. The third kappa shape index (κ3) is 7.16. The van der Waals surface area contributed by atoms with E-state index in [-0.39, 0.29) is 16.9 Å². The van der Waals surface area contributed by atoms with Crippen LogP contribution in [0.2, 0.25) is 10.0 Å². The molecule has 0 saturated carbocycles. The number of carbonyl (C=O) groups excluding carboxylic acids is 2. The molecule has 4 rings (SSSR count). The van der Waals surface area contributed by atoms with Crippen molar-refractivity contribution in [3.8, 4) is 5.75 Å². The first kappa shape index (κ1) is 27.7. The Balaban J connectivity index is 1.29. The van der Waals surface area contributed by atoms with Crippen molar-refractivity contribution in [1.29, 1.82) is 0 Å². The van der Waals surface area contributed by atoms with E-state index < -0.39 is 0 Å². The Morgan fingerprint density at radius 1 is 0.921 bits per heavy atom. The fourth-order valence-electron chi connectivity index (χ4n) is 4.03. The van der Waals surface area contributed by atoms with Gasteiger partial charge in [-0.25, -0.2) is 0 Å². The van der Waals surface area contributed by atoms with Gasteiger partial charge in [0.25, 0.3) is 11.8 Å². The van der Waals surface area contributed by atoms with Gasteiger partial charge in [-0.3, -0.25) is 14.9 Å². The number of carbonyl (C=O) groups is 2. The van der Waals surface area contributed by atoms with Crippen molar-refractivity contribution in [2.45, 2.75) is 13.3 Å². The van der Waals surface area contributed by atoms with Gasteiger partial charge in [-0.2, -0.15) is 0 Å². The van der Waals surface area contributed by atoms with Gasteiger partial charge >= 0.3 is 0 Å². The Morgan fingerprint density at radius 3 is 2.21 bits per heavy atom. The third-order valence-electron chi connectivity index (χ3n) is 6.02. The average Bonchev–Trinajstić information content (AvgIpc) is 2.92. The number of nitrogens with zero attached hydrogens (tertiary/aromatic N) is 2. The van der Waals surface area contributed by atoms with Gasteiger partial charge in [-0.1, -0.05) is 30.1 Å². The standard InChI is InChI=1S/C28H28Cl2N4O3S/c1-2-17-37-23-10-5-20(6-11-23)27(36)34-15-13-33(14-16-34)25-12-9-22(18-24(25)30)31-28(38)32-26(35)19-3-7-21(29)8-4-19/h3-12,18H,2,13-17H2,1H3,(H2,31,32,35,38). The minimum absolute atomic E-state index is 0.00601. The second-order valence-electron chi connectivity index (χ2n) is 8.73. The zero-order valence-corrected chi connectivity index (χ0v) is 23.2. The van der Waals surface area contributed by atoms with Crippen LogP contribution in [0.5, 0.6) is 5.75 Å². The van der Waals surface area contributed by atoms with Gasteiger partial charge in [0.2, 0.25) is 0 Å². The summed E-state index contributed by atoms with van der Waals surface area (Å²) in [6.45, 7) is 5.20. The fraction of sp³-hybridized carbons (Fsp3) is 0.250. The highest BCUT2D eigenvalue weighted by molar-refractivity contribution is 7.80. The summed E-state index contributed by atoms with van der Waals surface area (Å²) in [6, 6.07) is 19.3. The lowest BCUT2D eigenvalue weighted by atomic mass is 10.1. The molecule has 198 valence electrons. The number of hydrogen-bond donors (Lipinski definition) is 2. The van der Waals surface area contributed by atoms with Gasteiger partial charge in [-0.05, 0) is 85.4 Å². The number of thiocarbonyl (C=S) groups is 1. The first-order valence-electron chi connectivity index (χ1n) is 12.3. The van der Waals surface area contributed by atoms with Crippen LogP contribution in [0.3, 0.4) is 0 Å². The highest BCUT2D eigenvalue weighted by Gasteiger charge is 2.23. The molecule has 0 unspecified atom stereocenters. The van der Waals surface area contributed by atoms with Crippen LogP contribution in [0.15, 0.2) is 66.7 Å². The van der Waals surface area contributed by atoms with Gasteiger partial charge in [0.1, 0.15) is 5.75 Å². The molecular weight excluding hydrogens is 543 g/mol. The monoisotopic (exact) mass is 570 g/mol. The van der Waals surface area contributed by atoms with E-state index in [9.17, 15) is 9.59 Å². The molecule has 10 heteroatoms. The molecule has 3 aromatic carbocycles. The van der Waals surface area contributed by atoms with Crippen LogP contribution in [0.1, 0.15) is 34.1 Å². The SMILES string of the molecule is CCCOc1ccc(C(=O)N2CCN(c3ccc(NC(=S)NC(=O)c4ccc(Cl)cc4)cc3Cl)CC2)cc1. The van der Waals surface area contributed by atoms with Crippen molar-refractivity contribution in [2.75, 3.05) is 43.0 Å². The van der Waals surface area contributed by atoms with E-state index in [1.165, 1.54) is 0 Å². The summed E-state index contributed by atoms with van der Waals surface area (Å²) < 4.78 is 5.60. The van der Waals surface area contributed by atoms with E-state index >= 15 is 0 Å². The molecule has 1 heterocycles. The normalized spacial score (nSPS) is 13.1. The van der Waals surface area contributed by atoms with Crippen LogP contribution in [0.25, 0.3) is 0 Å². The summed E-state index contributed by atoms with van der Waals surface area (Å²) in [4.78, 5) is 29.3. The molecular formula is C28H28Cl2N4O3S. The van der Waals surface area contributed by atoms with Crippen molar-refractivity contribution < 1.29 is 14.3 Å². The Bertz CT molecular complexity index is 1290. The van der Waals surface area contributed by atoms with Crippen molar-refractivity contribution in [2.24, 2.45) is 0 Å². The summed E-state index contributed by atoms with van der Waals surface area (Å²) in [5.41, 5.74) is 2.62. The minimum atomic E-state index is -0.338. The van der Waals surface area contributed by atoms with Crippen molar-refractivity contribution >= 4 is 63.7 Å². The van der Waals surface area contributed by atoms with E-state index in [0.717, 1.165) is 17.9 Å². The molecule has 0 atom stereocenters. The Kier molecular flexibility index (Phi) is 9.44. The molecule has 0 aromatic heterocycles. The molecule has 0 spiro atoms. The highest BCUT2D eigenvalue weighted by Crippen LogP contribution is 2.30. The van der Waals surface area contributed by atoms with Gasteiger partial charge in [0, 0.05) is 48.0 Å². The number of rotatable bonds is 7. The maximum atomic E-state index is 12.9. The van der Waals surface area contributed by atoms with E-state index in [1.807, 2.05) is 41.3 Å². The second kappa shape index (κ2) is 13.0. The zero-order chi connectivity index (χ0) is 27.1. The Morgan fingerprint density at radius 2 is 1.58 bits per heavy atom. The van der Waals surface area contributed by atoms with E-state index in [2.05, 4.69) is 22.5 Å². The predicted molar refractivity (Wildman–Crippen MR) is 157 cm³/mol. The molecule has 0 radical (unpaired) electrons. The van der Waals surface area contributed by atoms with Crippen molar-refractivity contribution in [3.05, 3.63) is 87.9 Å². The molecule has 2 amide bonds. The number of amides is 2. The number of benzene rings is 3. The molecule has 1 saturated heterocycles. The van der Waals surface area contributed by atoms with Crippen LogP contribution in [-0.2, 0) is 0 Å². The Hall–Kier alpha value is -3.33. The number of hydrogen-bond acceptors (Lipinski definition) is 5. The first-order valence-corrected chi connectivity index (χ1v) is 13.4. The maximum Gasteiger partial charge on any atom is 0.257 e. The minimum Gasteiger partial charge on any atom is -0.494 e. The quantitative estimate of drug-likeness (QED) is 0.346. The van der Waals surface area contributed by atoms with Gasteiger partial charge in [0.15, 0.2) is 5.11 Å². The van der Waals surface area contributed by atoms with Crippen LogP contribution >= 0.6 is 35.4 Å². The second-order valence-corrected chi connectivity index (χ2v) is 9.99. The third-order valence-corrected chi connectivity index (χ3v) is 6.78. The molecule has 1 aliphatic heterocycles. The summed E-state index contributed by atoms with van der Waals surface area (Å²) in [5.74, 6) is 0.437. The van der Waals surface area contributed by atoms with Crippen LogP contribution < -0.4 is 20.3 Å². The van der Waals surface area contributed by atoms with E-state index in [1.54, 1.807) is 30.3 Å². The lowest BCUT2D eigenvalue weighted by molar-refractivity contribution is 0.0746. The summed E-state index contributed by atoms with van der Waals surface area (Å²) in [7, 11) is 0. The van der Waals surface area contributed by atoms with Crippen LogP contribution in [0.4, 0.5) is 11.4 Å². The molecule has 1 fully saturated rings. The van der Waals surface area contributed by atoms with Crippen LogP contribution in [-0.4, -0.2) is 54.6 Å². The van der Waals surface area contributed by atoms with Crippen molar-refractivity contribution in [3.63, 3.8) is 0 Å². The average molecular weight is 572 g/mol. The van der Waals surface area contributed by atoms with Crippen LogP contribution in [0, 0.1) is 0 Å². The van der Waals surface area contributed by atoms with E-state index in [4.69, 9.17) is 40.2 Å². The first-order chi connectivity index (χ1) is 18.3. The number of ether oxygens (including phenoxy) is 1. The van der Waals surface area contributed by atoms with Gasteiger partial charge < -0.3 is 19.9 Å². The summed E-state index contributed by atoms with van der Waals surface area (Å²) >= 11 is 17.7. The predicted octanol–water partition coefficient (Wildman–Crippen LogP) is 5.87. The topological polar surface area (TPSA) is 73.9 Å². The molecule has 38 heavy (non-hydrogen) atoms. The highest BCUT2D eigenvalue weighted by atomic mass is 35.5. The molecule has 0 aliphatic carbocycles. The Labute approximate surface area is 237 Å². The number of nitrogens with one attached hydrogen (secondary N) is 2. The molecule has 2 N–H and O–H groups in total. The van der Waals surface area contributed by atoms with Gasteiger partial charge in [0.05, 0.1) is 17.3 Å². The lowest BCUT2D eigenvalue weighted by Gasteiger charge is -2.36. The number of piperazine rings is 1. The summed E-state index contributed by atoms with van der Waals surface area (Å²) in [5, 5.41) is 6.88. The number of halogens is 2. The summed E-state index contributed by atoms with van der Waals surface area (Å²) in [6.07, 6.45) is 0.936. The smallest absolute Gasteiger partial charge is 0.257 e. The zero-order valence-electron chi connectivity index (χ0n) is 20.9. The molecule has 1 aliphatic rings. The van der Waals surface area contributed by atoms with Crippen molar-refractivity contribution in [1.82, 2.24) is 10.2 Å². The number of anilines is 2. The van der Waals surface area contributed by atoms with Gasteiger partial charge in [-0.15, -0.1) is 0 Å². The van der Waals surface area contributed by atoms with E-state index in [0.29, 0.717) is 59.6 Å². The fourth-order valence-corrected chi connectivity index (χ4v) is 4.66. The largest absolute Gasteiger partial charge is 0.494 e.